The number of hydrogen-bond acceptors (Lipinski definition) is 9. The minimum atomic E-state index is -0.770. The summed E-state index contributed by atoms with van der Waals surface area (Å²) in [6.45, 7) is 5.59. The van der Waals surface area contributed by atoms with Crippen LogP contribution in [-0.2, 0) is 27.4 Å². The van der Waals surface area contributed by atoms with Gasteiger partial charge in [0.1, 0.15) is 34.8 Å². The molecular weight excluding hydrogens is 742 g/mol. The summed E-state index contributed by atoms with van der Waals surface area (Å²) in [7, 11) is 0. The monoisotopic (exact) mass is 778 g/mol. The fourth-order valence-corrected chi connectivity index (χ4v) is 5.38. The van der Waals surface area contributed by atoms with E-state index in [-0.39, 0.29) is 46.7 Å². The second-order valence-electron chi connectivity index (χ2n) is 11.0. The Labute approximate surface area is 316 Å². The molecule has 0 unspecified atom stereocenters. The van der Waals surface area contributed by atoms with E-state index in [0.717, 1.165) is 11.1 Å². The Kier molecular flexibility index (Phi) is 16.2. The maximum Gasteiger partial charge on any atom is 0.261 e. The molecular formula is C36H38Cl4N4O7. The molecule has 4 aromatic rings. The fraction of sp³-hybridized carbons (Fsp3) is 0.333. The highest BCUT2D eigenvalue weighted by molar-refractivity contribution is 6.35. The van der Waals surface area contributed by atoms with Crippen LogP contribution in [0.15, 0.2) is 73.1 Å². The van der Waals surface area contributed by atoms with Crippen LogP contribution in [0.5, 0.6) is 23.3 Å². The van der Waals surface area contributed by atoms with Crippen LogP contribution in [0.25, 0.3) is 0 Å². The Hall–Kier alpha value is -4.00. The van der Waals surface area contributed by atoms with Crippen molar-refractivity contribution in [2.75, 3.05) is 26.4 Å². The summed E-state index contributed by atoms with van der Waals surface area (Å²) in [6.07, 6.45) is 2.12. The van der Waals surface area contributed by atoms with Crippen molar-refractivity contribution in [2.45, 2.75) is 52.0 Å². The van der Waals surface area contributed by atoms with Gasteiger partial charge >= 0.3 is 0 Å². The number of aromatic nitrogens is 2. The van der Waals surface area contributed by atoms with Gasteiger partial charge in [-0.15, -0.1) is 0 Å². The van der Waals surface area contributed by atoms with Crippen molar-refractivity contribution >= 4 is 58.2 Å². The molecule has 0 radical (unpaired) electrons. The van der Waals surface area contributed by atoms with Gasteiger partial charge in [-0.2, -0.15) is 0 Å². The number of amides is 2. The molecule has 0 aliphatic heterocycles. The molecule has 0 bridgehead atoms. The van der Waals surface area contributed by atoms with Gasteiger partial charge in [0.25, 0.3) is 11.8 Å². The van der Waals surface area contributed by atoms with Crippen LogP contribution in [0.2, 0.25) is 20.1 Å². The molecule has 0 fully saturated rings. The Morgan fingerprint density at radius 1 is 0.647 bits per heavy atom. The zero-order valence-corrected chi connectivity index (χ0v) is 31.0. The van der Waals surface area contributed by atoms with E-state index in [1.807, 2.05) is 62.4 Å². The van der Waals surface area contributed by atoms with Gasteiger partial charge in [0.15, 0.2) is 12.2 Å². The lowest BCUT2D eigenvalue weighted by molar-refractivity contribution is -0.129. The molecule has 2 N–H and O–H groups in total. The van der Waals surface area contributed by atoms with Gasteiger partial charge in [-0.25, -0.2) is 9.97 Å². The number of nitrogens with zero attached hydrogens (tertiary/aromatic N) is 2. The molecule has 4 rings (SSSR count). The Balaban J connectivity index is 1.11. The van der Waals surface area contributed by atoms with Crippen molar-refractivity contribution in [1.82, 2.24) is 20.6 Å². The summed E-state index contributed by atoms with van der Waals surface area (Å²) in [5.74, 6) is 0.995. The summed E-state index contributed by atoms with van der Waals surface area (Å²) in [5, 5.41) is 6.97. The van der Waals surface area contributed by atoms with E-state index < -0.39 is 12.2 Å². The maximum absolute atomic E-state index is 12.8. The lowest BCUT2D eigenvalue weighted by Gasteiger charge is -2.17. The number of carbonyl (C=O) groups is 2. The average Bonchev–Trinajstić information content (AvgIpc) is 3.12. The molecule has 2 heterocycles. The van der Waals surface area contributed by atoms with Crippen molar-refractivity contribution in [3.05, 3.63) is 104 Å². The van der Waals surface area contributed by atoms with Gasteiger partial charge in [-0.1, -0.05) is 84.5 Å². The minimum Gasteiger partial charge on any atom is -0.491 e. The van der Waals surface area contributed by atoms with Crippen LogP contribution < -0.4 is 29.6 Å². The van der Waals surface area contributed by atoms with E-state index in [1.54, 1.807) is 0 Å². The highest BCUT2D eigenvalue weighted by Crippen LogP contribution is 2.27. The van der Waals surface area contributed by atoms with Crippen LogP contribution in [-0.4, -0.2) is 60.4 Å². The standard InChI is InChI=1S/C36H38Cl4N4O7/c1-3-31(50-35-29(39)17-25(37)21-43-35)33(45)41-19-23-7-5-9-27(15-23)48-13-11-47-12-14-49-28-10-6-8-24(16-28)20-42-34(46)32(4-2)51-36-30(40)18-26(38)22-44-36/h5-10,15-18,21-22,31-32H,3-4,11-14,19-20H2,1-2H3,(H,41,45)(H,42,46)/t31-,32-/m1/s1. The normalized spacial score (nSPS) is 12.0. The number of nitrogens with one attached hydrogen (secondary N) is 2. The van der Waals surface area contributed by atoms with Crippen molar-refractivity contribution in [1.29, 1.82) is 0 Å². The predicted molar refractivity (Wildman–Crippen MR) is 196 cm³/mol. The highest BCUT2D eigenvalue weighted by atomic mass is 35.5. The van der Waals surface area contributed by atoms with Gasteiger partial charge in [0.2, 0.25) is 11.8 Å². The first-order valence-electron chi connectivity index (χ1n) is 16.2. The second-order valence-corrected chi connectivity index (χ2v) is 12.6. The molecule has 2 amide bonds. The van der Waals surface area contributed by atoms with E-state index in [2.05, 4.69) is 20.6 Å². The molecule has 51 heavy (non-hydrogen) atoms. The zero-order chi connectivity index (χ0) is 36.6. The molecule has 11 nitrogen and oxygen atoms in total. The number of carbonyl (C=O) groups excluding carboxylic acids is 2. The van der Waals surface area contributed by atoms with Crippen molar-refractivity contribution in [3.63, 3.8) is 0 Å². The third-order valence-corrected chi connectivity index (χ3v) is 8.06. The molecule has 15 heteroatoms. The van der Waals surface area contributed by atoms with E-state index in [4.69, 9.17) is 70.1 Å². The smallest absolute Gasteiger partial charge is 0.261 e. The Morgan fingerprint density at radius 2 is 1.08 bits per heavy atom. The summed E-state index contributed by atoms with van der Waals surface area (Å²) >= 11 is 24.0. The zero-order valence-electron chi connectivity index (χ0n) is 28.0. The van der Waals surface area contributed by atoms with E-state index in [1.165, 1.54) is 24.5 Å². The fourth-order valence-electron chi connectivity index (χ4n) is 4.53. The van der Waals surface area contributed by atoms with E-state index in [9.17, 15) is 9.59 Å². The molecule has 2 aromatic heterocycles. The molecule has 2 aromatic carbocycles. The third-order valence-electron chi connectivity index (χ3n) is 7.11. The molecule has 0 saturated carbocycles. The first kappa shape index (κ1) is 39.8. The maximum atomic E-state index is 12.8. The second kappa shape index (κ2) is 20.8. The minimum absolute atomic E-state index is 0.146. The summed E-state index contributed by atoms with van der Waals surface area (Å²) in [4.78, 5) is 33.6. The van der Waals surface area contributed by atoms with Gasteiger partial charge < -0.3 is 34.3 Å². The van der Waals surface area contributed by atoms with Gasteiger partial charge in [-0.3, -0.25) is 9.59 Å². The van der Waals surface area contributed by atoms with Crippen molar-refractivity contribution in [3.8, 4) is 23.3 Å². The predicted octanol–water partition coefficient (Wildman–Crippen LogP) is 7.51. The number of rotatable bonds is 20. The molecule has 0 saturated heterocycles. The van der Waals surface area contributed by atoms with Gasteiger partial charge in [-0.05, 0) is 60.4 Å². The van der Waals surface area contributed by atoms with Crippen LogP contribution in [0, 0.1) is 0 Å². The first-order valence-corrected chi connectivity index (χ1v) is 17.7. The summed E-state index contributed by atoms with van der Waals surface area (Å²) in [5.41, 5.74) is 1.71. The Bertz CT molecular complexity index is 1620. The van der Waals surface area contributed by atoms with Gasteiger partial charge in [0, 0.05) is 25.5 Å². The summed E-state index contributed by atoms with van der Waals surface area (Å²) < 4.78 is 28.7. The number of pyridine rings is 2. The molecule has 0 aliphatic rings. The van der Waals surface area contributed by atoms with Crippen LogP contribution >= 0.6 is 46.4 Å². The number of hydrogen-bond donors (Lipinski definition) is 2. The van der Waals surface area contributed by atoms with E-state index in [0.29, 0.717) is 60.8 Å². The third kappa shape index (κ3) is 13.2. The van der Waals surface area contributed by atoms with E-state index >= 15 is 0 Å². The number of halogens is 4. The van der Waals surface area contributed by atoms with Crippen LogP contribution in [0.4, 0.5) is 0 Å². The summed E-state index contributed by atoms with van der Waals surface area (Å²) in [6, 6.07) is 17.8. The quantitative estimate of drug-likeness (QED) is 0.0876. The highest BCUT2D eigenvalue weighted by Gasteiger charge is 2.21. The topological polar surface area (TPSA) is 130 Å². The largest absolute Gasteiger partial charge is 0.491 e. The lowest BCUT2D eigenvalue weighted by Crippen LogP contribution is -2.37. The first-order chi connectivity index (χ1) is 24.6. The van der Waals surface area contributed by atoms with Crippen molar-refractivity contribution < 1.29 is 33.3 Å². The number of benzene rings is 2. The van der Waals surface area contributed by atoms with Crippen LogP contribution in [0.1, 0.15) is 37.8 Å². The molecule has 2 atom stereocenters. The molecule has 272 valence electrons. The van der Waals surface area contributed by atoms with Crippen LogP contribution in [0.3, 0.4) is 0 Å². The SMILES string of the molecule is CC[C@@H](Oc1ncc(Cl)cc1Cl)C(=O)NCc1cccc(OCCOCCOc2cccc(CNC(=O)[C@@H](CC)Oc3ncc(Cl)cc3Cl)c2)c1. The average molecular weight is 781 g/mol. The molecule has 0 spiro atoms. The van der Waals surface area contributed by atoms with Gasteiger partial charge in [0.05, 0.1) is 23.3 Å². The Morgan fingerprint density at radius 3 is 1.47 bits per heavy atom. The molecule has 0 aliphatic carbocycles. The van der Waals surface area contributed by atoms with Crippen molar-refractivity contribution in [2.24, 2.45) is 0 Å². The number of ether oxygens (including phenoxy) is 5. The lowest BCUT2D eigenvalue weighted by atomic mass is 10.2.